The summed E-state index contributed by atoms with van der Waals surface area (Å²) in [6, 6.07) is 6.59. The number of benzene rings is 1. The van der Waals surface area contributed by atoms with Crippen LogP contribution < -0.4 is 5.32 Å². The van der Waals surface area contributed by atoms with Crippen LogP contribution in [0, 0.1) is 13.8 Å². The van der Waals surface area contributed by atoms with Crippen LogP contribution in [-0.2, 0) is 4.74 Å². The van der Waals surface area contributed by atoms with E-state index in [1.54, 1.807) is 0 Å². The summed E-state index contributed by atoms with van der Waals surface area (Å²) in [6.45, 7) is 6.89. The molecule has 2 rings (SSSR count). The molecular weight excluding hydrogens is 206 g/mol. The number of rotatable bonds is 2. The van der Waals surface area contributed by atoms with Gasteiger partial charge in [0.1, 0.15) is 0 Å². The molecule has 0 saturated carbocycles. The van der Waals surface area contributed by atoms with Gasteiger partial charge in [-0.15, -0.1) is 11.8 Å². The topological polar surface area (TPSA) is 21.3 Å². The highest BCUT2D eigenvalue weighted by molar-refractivity contribution is 8.00. The average molecular weight is 223 g/mol. The molecule has 0 radical (unpaired) electrons. The molecule has 1 fully saturated rings. The van der Waals surface area contributed by atoms with Crippen LogP contribution in [0.2, 0.25) is 0 Å². The van der Waals surface area contributed by atoms with Crippen molar-refractivity contribution in [2.75, 3.05) is 19.8 Å². The third kappa shape index (κ3) is 2.97. The number of ether oxygens (including phenoxy) is 1. The first-order valence-electron chi connectivity index (χ1n) is 5.31. The maximum atomic E-state index is 5.44. The van der Waals surface area contributed by atoms with E-state index in [-0.39, 0.29) is 0 Å². The molecule has 1 aliphatic rings. The Morgan fingerprint density at radius 2 is 2.27 bits per heavy atom. The maximum Gasteiger partial charge on any atom is 0.0817 e. The normalized spacial score (nSPS) is 21.6. The van der Waals surface area contributed by atoms with Gasteiger partial charge in [0.05, 0.1) is 18.6 Å². The second kappa shape index (κ2) is 5.01. The van der Waals surface area contributed by atoms with Crippen LogP contribution >= 0.6 is 11.8 Å². The summed E-state index contributed by atoms with van der Waals surface area (Å²) in [5, 5.41) is 3.85. The van der Waals surface area contributed by atoms with Gasteiger partial charge in [-0.25, -0.2) is 0 Å². The van der Waals surface area contributed by atoms with Crippen LogP contribution in [0.3, 0.4) is 0 Å². The van der Waals surface area contributed by atoms with Crippen molar-refractivity contribution in [3.05, 3.63) is 29.3 Å². The lowest BCUT2D eigenvalue weighted by molar-refractivity contribution is 0.100. The number of hydrogen-bond donors (Lipinski definition) is 1. The zero-order valence-corrected chi connectivity index (χ0v) is 10.1. The molecule has 0 spiro atoms. The smallest absolute Gasteiger partial charge is 0.0817 e. The van der Waals surface area contributed by atoms with Gasteiger partial charge in [0.25, 0.3) is 0 Å². The summed E-state index contributed by atoms with van der Waals surface area (Å²) in [6.07, 6.45) is 0. The average Bonchev–Trinajstić information content (AvgIpc) is 2.25. The van der Waals surface area contributed by atoms with Crippen molar-refractivity contribution in [2.24, 2.45) is 0 Å². The highest BCUT2D eigenvalue weighted by Crippen LogP contribution is 2.27. The Morgan fingerprint density at radius 3 is 3.00 bits per heavy atom. The van der Waals surface area contributed by atoms with Crippen molar-refractivity contribution >= 4 is 11.8 Å². The monoisotopic (exact) mass is 223 g/mol. The summed E-state index contributed by atoms with van der Waals surface area (Å²) in [7, 11) is 0. The molecular formula is C12H17NOS. The Hall–Kier alpha value is -0.510. The van der Waals surface area contributed by atoms with Crippen LogP contribution in [0.4, 0.5) is 0 Å². The molecule has 0 aliphatic carbocycles. The molecule has 0 aromatic heterocycles. The molecule has 82 valence electrons. The van der Waals surface area contributed by atoms with Crippen LogP contribution in [0.5, 0.6) is 0 Å². The second-order valence-corrected chi connectivity index (χ2v) is 5.15. The Labute approximate surface area is 95.4 Å². The van der Waals surface area contributed by atoms with E-state index in [0.717, 1.165) is 19.8 Å². The first-order chi connectivity index (χ1) is 7.25. The van der Waals surface area contributed by atoms with Crippen molar-refractivity contribution in [3.8, 4) is 0 Å². The summed E-state index contributed by atoms with van der Waals surface area (Å²) in [4.78, 5) is 1.36. The van der Waals surface area contributed by atoms with Crippen molar-refractivity contribution < 1.29 is 4.74 Å². The van der Waals surface area contributed by atoms with E-state index in [0.29, 0.717) is 5.37 Å². The van der Waals surface area contributed by atoms with Gasteiger partial charge in [0.15, 0.2) is 0 Å². The van der Waals surface area contributed by atoms with Gasteiger partial charge in [0, 0.05) is 11.4 Å². The van der Waals surface area contributed by atoms with Crippen molar-refractivity contribution in [1.29, 1.82) is 0 Å². The summed E-state index contributed by atoms with van der Waals surface area (Å²) in [5.74, 6) is 0. The Kier molecular flexibility index (Phi) is 3.67. The van der Waals surface area contributed by atoms with Gasteiger partial charge in [-0.2, -0.15) is 0 Å². The first-order valence-corrected chi connectivity index (χ1v) is 6.19. The third-order valence-corrected chi connectivity index (χ3v) is 3.78. The van der Waals surface area contributed by atoms with Gasteiger partial charge >= 0.3 is 0 Å². The molecule has 1 unspecified atom stereocenters. The quantitative estimate of drug-likeness (QED) is 0.831. The number of morpholine rings is 1. The van der Waals surface area contributed by atoms with Crippen LogP contribution in [0.15, 0.2) is 23.1 Å². The molecule has 15 heavy (non-hydrogen) atoms. The predicted molar refractivity (Wildman–Crippen MR) is 64.4 cm³/mol. The largest absolute Gasteiger partial charge is 0.378 e. The number of aryl methyl sites for hydroxylation is 2. The van der Waals surface area contributed by atoms with E-state index < -0.39 is 0 Å². The minimum atomic E-state index is 0.402. The molecule has 1 saturated heterocycles. The minimum absolute atomic E-state index is 0.402. The van der Waals surface area contributed by atoms with E-state index in [2.05, 4.69) is 37.4 Å². The summed E-state index contributed by atoms with van der Waals surface area (Å²) < 4.78 is 5.44. The lowest BCUT2D eigenvalue weighted by Crippen LogP contribution is -2.38. The van der Waals surface area contributed by atoms with Crippen molar-refractivity contribution in [1.82, 2.24) is 5.32 Å². The summed E-state index contributed by atoms with van der Waals surface area (Å²) >= 11 is 1.87. The molecule has 1 atom stereocenters. The first kappa shape index (κ1) is 11.0. The van der Waals surface area contributed by atoms with Crippen LogP contribution in [-0.4, -0.2) is 25.1 Å². The SMILES string of the molecule is Cc1ccc(C)c(SC2COCCN2)c1. The van der Waals surface area contributed by atoms with E-state index >= 15 is 0 Å². The Balaban J connectivity index is 2.05. The van der Waals surface area contributed by atoms with Gasteiger partial charge < -0.3 is 10.1 Å². The maximum absolute atomic E-state index is 5.44. The van der Waals surface area contributed by atoms with Gasteiger partial charge in [-0.05, 0) is 31.0 Å². The fraction of sp³-hybridized carbons (Fsp3) is 0.500. The highest BCUT2D eigenvalue weighted by atomic mass is 32.2. The molecule has 1 N–H and O–H groups in total. The highest BCUT2D eigenvalue weighted by Gasteiger charge is 2.14. The fourth-order valence-electron chi connectivity index (χ4n) is 1.60. The van der Waals surface area contributed by atoms with E-state index in [1.165, 1.54) is 16.0 Å². The lowest BCUT2D eigenvalue weighted by atomic mass is 10.2. The van der Waals surface area contributed by atoms with E-state index in [1.807, 2.05) is 11.8 Å². The Bertz CT molecular complexity index is 334. The molecule has 0 bridgehead atoms. The molecule has 1 aromatic rings. The zero-order valence-electron chi connectivity index (χ0n) is 9.25. The van der Waals surface area contributed by atoms with Crippen molar-refractivity contribution in [3.63, 3.8) is 0 Å². The van der Waals surface area contributed by atoms with E-state index in [9.17, 15) is 0 Å². The Morgan fingerprint density at radius 1 is 1.40 bits per heavy atom. The second-order valence-electron chi connectivity index (χ2n) is 3.90. The zero-order chi connectivity index (χ0) is 10.7. The molecule has 3 heteroatoms. The third-order valence-electron chi connectivity index (χ3n) is 2.50. The lowest BCUT2D eigenvalue weighted by Gasteiger charge is -2.23. The fourth-order valence-corrected chi connectivity index (χ4v) is 2.78. The van der Waals surface area contributed by atoms with Gasteiger partial charge in [-0.1, -0.05) is 12.1 Å². The van der Waals surface area contributed by atoms with Crippen LogP contribution in [0.25, 0.3) is 0 Å². The molecule has 0 amide bonds. The molecule has 1 aromatic carbocycles. The van der Waals surface area contributed by atoms with Gasteiger partial charge in [-0.3, -0.25) is 0 Å². The summed E-state index contributed by atoms with van der Waals surface area (Å²) in [5.41, 5.74) is 2.66. The van der Waals surface area contributed by atoms with Crippen molar-refractivity contribution in [2.45, 2.75) is 24.1 Å². The van der Waals surface area contributed by atoms with Crippen LogP contribution in [0.1, 0.15) is 11.1 Å². The molecule has 1 aliphatic heterocycles. The van der Waals surface area contributed by atoms with Gasteiger partial charge in [0.2, 0.25) is 0 Å². The molecule has 2 nitrogen and oxygen atoms in total. The standard InChI is InChI=1S/C12H17NOS/c1-9-3-4-10(2)11(7-9)15-12-8-14-6-5-13-12/h3-4,7,12-13H,5-6,8H2,1-2H3. The predicted octanol–water partition coefficient (Wildman–Crippen LogP) is 2.34. The van der Waals surface area contributed by atoms with E-state index in [4.69, 9.17) is 4.74 Å². The number of thioether (sulfide) groups is 1. The minimum Gasteiger partial charge on any atom is -0.378 e. The number of nitrogens with one attached hydrogen (secondary N) is 1. The number of hydrogen-bond acceptors (Lipinski definition) is 3. The molecule has 1 heterocycles.